The van der Waals surface area contributed by atoms with Crippen molar-refractivity contribution in [3.05, 3.63) is 29.3 Å². The highest BCUT2D eigenvalue weighted by Crippen LogP contribution is 2.23. The molecule has 1 heterocycles. The summed E-state index contributed by atoms with van der Waals surface area (Å²) in [5.74, 6) is -0.359. The summed E-state index contributed by atoms with van der Waals surface area (Å²) in [6.45, 7) is 1.54. The van der Waals surface area contributed by atoms with Crippen molar-refractivity contribution in [3.8, 4) is 0 Å². The minimum absolute atomic E-state index is 0.359. The zero-order valence-corrected chi connectivity index (χ0v) is 8.69. The van der Waals surface area contributed by atoms with Crippen LogP contribution in [0.1, 0.15) is 6.92 Å². The SMILES string of the molecule is C[C@@H]1OC(=O)N(c2ccc(Cl)cc2)C1=O. The fraction of sp³-hybridized carbons (Fsp3) is 0.200. The van der Waals surface area contributed by atoms with Crippen LogP contribution in [0.25, 0.3) is 0 Å². The predicted molar refractivity (Wildman–Crippen MR) is 54.9 cm³/mol. The van der Waals surface area contributed by atoms with Crippen molar-refractivity contribution in [3.63, 3.8) is 0 Å². The fourth-order valence-corrected chi connectivity index (χ4v) is 1.47. The van der Waals surface area contributed by atoms with Crippen molar-refractivity contribution >= 4 is 29.3 Å². The summed E-state index contributed by atoms with van der Waals surface area (Å²) >= 11 is 5.70. The summed E-state index contributed by atoms with van der Waals surface area (Å²) in [4.78, 5) is 23.9. The van der Waals surface area contributed by atoms with Gasteiger partial charge in [-0.25, -0.2) is 9.69 Å². The second-order valence-electron chi connectivity index (χ2n) is 3.18. The van der Waals surface area contributed by atoms with Crippen molar-refractivity contribution in [2.75, 3.05) is 4.90 Å². The number of anilines is 1. The lowest BCUT2D eigenvalue weighted by Crippen LogP contribution is -2.30. The van der Waals surface area contributed by atoms with E-state index in [0.29, 0.717) is 10.7 Å². The van der Waals surface area contributed by atoms with E-state index in [1.165, 1.54) is 6.92 Å². The molecule has 1 fully saturated rings. The maximum absolute atomic E-state index is 11.5. The minimum Gasteiger partial charge on any atom is -0.436 e. The van der Waals surface area contributed by atoms with Gasteiger partial charge in [-0.15, -0.1) is 0 Å². The van der Waals surface area contributed by atoms with E-state index in [1.807, 2.05) is 0 Å². The lowest BCUT2D eigenvalue weighted by atomic mass is 10.3. The first kappa shape index (κ1) is 9.98. The molecule has 4 nitrogen and oxygen atoms in total. The molecule has 0 aliphatic carbocycles. The maximum atomic E-state index is 11.5. The smallest absolute Gasteiger partial charge is 0.422 e. The highest BCUT2D eigenvalue weighted by Gasteiger charge is 2.38. The second kappa shape index (κ2) is 3.55. The van der Waals surface area contributed by atoms with Gasteiger partial charge in [0.1, 0.15) is 0 Å². The number of benzene rings is 1. The van der Waals surface area contributed by atoms with Gasteiger partial charge in [-0.05, 0) is 31.2 Å². The molecule has 0 radical (unpaired) electrons. The van der Waals surface area contributed by atoms with Crippen molar-refractivity contribution in [2.45, 2.75) is 13.0 Å². The summed E-state index contributed by atoms with van der Waals surface area (Å²) in [5, 5.41) is 0.548. The number of rotatable bonds is 1. The average Bonchev–Trinajstić information content (AvgIpc) is 2.44. The Labute approximate surface area is 91.4 Å². The summed E-state index contributed by atoms with van der Waals surface area (Å²) in [6.07, 6.45) is -1.36. The van der Waals surface area contributed by atoms with Crippen molar-refractivity contribution in [2.24, 2.45) is 0 Å². The van der Waals surface area contributed by atoms with Crippen LogP contribution in [0.5, 0.6) is 0 Å². The number of amides is 2. The second-order valence-corrected chi connectivity index (χ2v) is 3.61. The van der Waals surface area contributed by atoms with Crippen LogP contribution in [0.3, 0.4) is 0 Å². The van der Waals surface area contributed by atoms with Gasteiger partial charge in [-0.3, -0.25) is 4.79 Å². The first-order chi connectivity index (χ1) is 7.09. The first-order valence-electron chi connectivity index (χ1n) is 4.40. The maximum Gasteiger partial charge on any atom is 0.422 e. The summed E-state index contributed by atoms with van der Waals surface area (Å²) in [6, 6.07) is 6.42. The van der Waals surface area contributed by atoms with Crippen LogP contribution in [0.2, 0.25) is 5.02 Å². The van der Waals surface area contributed by atoms with Crippen LogP contribution in [-0.2, 0) is 9.53 Å². The lowest BCUT2D eigenvalue weighted by Gasteiger charge is -2.10. The molecular weight excluding hydrogens is 218 g/mol. The zero-order chi connectivity index (χ0) is 11.0. The number of hydrogen-bond acceptors (Lipinski definition) is 3. The minimum atomic E-state index is -0.715. The van der Waals surface area contributed by atoms with Gasteiger partial charge in [0.2, 0.25) is 0 Å². The molecule has 0 N–H and O–H groups in total. The highest BCUT2D eigenvalue weighted by molar-refractivity contribution is 6.30. The molecule has 1 aromatic rings. The molecule has 1 atom stereocenters. The van der Waals surface area contributed by atoms with Gasteiger partial charge in [0.25, 0.3) is 5.91 Å². The van der Waals surface area contributed by atoms with E-state index in [4.69, 9.17) is 16.3 Å². The molecule has 2 amide bonds. The fourth-order valence-electron chi connectivity index (χ4n) is 1.35. The van der Waals surface area contributed by atoms with E-state index in [0.717, 1.165) is 4.90 Å². The third kappa shape index (κ3) is 1.68. The number of hydrogen-bond donors (Lipinski definition) is 0. The van der Waals surface area contributed by atoms with E-state index >= 15 is 0 Å². The zero-order valence-electron chi connectivity index (χ0n) is 7.94. The van der Waals surface area contributed by atoms with E-state index in [-0.39, 0.29) is 5.91 Å². The third-order valence-electron chi connectivity index (χ3n) is 2.11. The van der Waals surface area contributed by atoms with Crippen molar-refractivity contribution in [1.82, 2.24) is 0 Å². The standard InChI is InChI=1S/C10H8ClNO3/c1-6-9(13)12(10(14)15-6)8-4-2-7(11)3-5-8/h2-6H,1H3/t6-/m0/s1. The summed E-state index contributed by atoms with van der Waals surface area (Å²) in [5.41, 5.74) is 0.471. The van der Waals surface area contributed by atoms with Gasteiger partial charge < -0.3 is 4.74 Å². The molecule has 78 valence electrons. The lowest BCUT2D eigenvalue weighted by molar-refractivity contribution is -0.121. The van der Waals surface area contributed by atoms with Gasteiger partial charge in [-0.2, -0.15) is 0 Å². The molecule has 1 aromatic carbocycles. The van der Waals surface area contributed by atoms with Gasteiger partial charge in [0.05, 0.1) is 5.69 Å². The number of halogens is 1. The normalized spacial score (nSPS) is 20.7. The third-order valence-corrected chi connectivity index (χ3v) is 2.37. The Bertz CT molecular complexity index is 415. The Hall–Kier alpha value is -1.55. The molecule has 0 spiro atoms. The van der Waals surface area contributed by atoms with Crippen LogP contribution in [0.4, 0.5) is 10.5 Å². The Morgan fingerprint density at radius 2 is 1.87 bits per heavy atom. The van der Waals surface area contributed by atoms with E-state index < -0.39 is 12.2 Å². The number of imide groups is 1. The molecule has 1 saturated heterocycles. The summed E-state index contributed by atoms with van der Waals surface area (Å²) < 4.78 is 4.78. The molecule has 0 aromatic heterocycles. The van der Waals surface area contributed by atoms with Gasteiger partial charge in [0.15, 0.2) is 6.10 Å². The van der Waals surface area contributed by atoms with E-state index in [9.17, 15) is 9.59 Å². The molecule has 0 bridgehead atoms. The number of carbonyl (C=O) groups is 2. The van der Waals surface area contributed by atoms with E-state index in [1.54, 1.807) is 24.3 Å². The topological polar surface area (TPSA) is 46.6 Å². The molecule has 15 heavy (non-hydrogen) atoms. The quantitative estimate of drug-likeness (QED) is 0.736. The first-order valence-corrected chi connectivity index (χ1v) is 4.77. The van der Waals surface area contributed by atoms with Crippen LogP contribution in [-0.4, -0.2) is 18.1 Å². The monoisotopic (exact) mass is 225 g/mol. The molecule has 1 aliphatic heterocycles. The molecule has 2 rings (SSSR count). The number of cyclic esters (lactones) is 1. The number of nitrogens with zero attached hydrogens (tertiary/aromatic N) is 1. The van der Waals surface area contributed by atoms with Crippen LogP contribution in [0.15, 0.2) is 24.3 Å². The highest BCUT2D eigenvalue weighted by atomic mass is 35.5. The number of carbonyl (C=O) groups excluding carboxylic acids is 2. The Kier molecular flexibility index (Phi) is 2.36. The predicted octanol–water partition coefficient (Wildman–Crippen LogP) is 2.21. The van der Waals surface area contributed by atoms with Crippen molar-refractivity contribution < 1.29 is 14.3 Å². The van der Waals surface area contributed by atoms with Gasteiger partial charge >= 0.3 is 6.09 Å². The number of ether oxygens (including phenoxy) is 1. The Balaban J connectivity index is 2.35. The largest absolute Gasteiger partial charge is 0.436 e. The molecule has 0 saturated carbocycles. The molecule has 0 unspecified atom stereocenters. The Morgan fingerprint density at radius 3 is 2.33 bits per heavy atom. The summed E-state index contributed by atoms with van der Waals surface area (Å²) in [7, 11) is 0. The van der Waals surface area contributed by atoms with Gasteiger partial charge in [-0.1, -0.05) is 11.6 Å². The van der Waals surface area contributed by atoms with Crippen LogP contribution in [0, 0.1) is 0 Å². The Morgan fingerprint density at radius 1 is 1.27 bits per heavy atom. The van der Waals surface area contributed by atoms with Gasteiger partial charge in [0, 0.05) is 5.02 Å². The van der Waals surface area contributed by atoms with Crippen molar-refractivity contribution in [1.29, 1.82) is 0 Å². The molecular formula is C10H8ClNO3. The molecule has 1 aliphatic rings. The van der Waals surface area contributed by atoms with E-state index in [2.05, 4.69) is 0 Å². The molecule has 5 heteroatoms. The van der Waals surface area contributed by atoms with Crippen LogP contribution < -0.4 is 4.90 Å². The average molecular weight is 226 g/mol. The van der Waals surface area contributed by atoms with Crippen LogP contribution >= 0.6 is 11.6 Å².